The third-order valence-corrected chi connectivity index (χ3v) is 6.10. The van der Waals surface area contributed by atoms with E-state index < -0.39 is 5.91 Å². The average molecular weight is 474 g/mol. The molecule has 34 heavy (non-hydrogen) atoms. The highest BCUT2D eigenvalue weighted by Gasteiger charge is 2.15. The fourth-order valence-electron chi connectivity index (χ4n) is 3.44. The second-order valence-corrected chi connectivity index (χ2v) is 8.36. The molecule has 0 spiro atoms. The van der Waals surface area contributed by atoms with Gasteiger partial charge in [0, 0.05) is 28.7 Å². The van der Waals surface area contributed by atoms with Crippen LogP contribution in [-0.2, 0) is 17.8 Å². The zero-order valence-corrected chi connectivity index (χ0v) is 19.6. The quantitative estimate of drug-likeness (QED) is 0.280. The van der Waals surface area contributed by atoms with Gasteiger partial charge in [0.1, 0.15) is 34.8 Å². The summed E-state index contributed by atoms with van der Waals surface area (Å²) >= 11 is 1.29. The van der Waals surface area contributed by atoms with Crippen LogP contribution >= 0.6 is 11.3 Å². The minimum atomic E-state index is -0.514. The summed E-state index contributed by atoms with van der Waals surface area (Å²) in [6.45, 7) is 2.99. The van der Waals surface area contributed by atoms with Crippen molar-refractivity contribution in [2.75, 3.05) is 19.0 Å². The van der Waals surface area contributed by atoms with E-state index in [4.69, 9.17) is 9.47 Å². The molecule has 0 unspecified atom stereocenters. The molecule has 0 atom stereocenters. The van der Waals surface area contributed by atoms with Crippen molar-refractivity contribution in [1.82, 2.24) is 14.8 Å². The Kier molecular flexibility index (Phi) is 7.20. The Morgan fingerprint density at radius 2 is 2.03 bits per heavy atom. The van der Waals surface area contributed by atoms with Crippen LogP contribution in [0.25, 0.3) is 17.0 Å². The van der Waals surface area contributed by atoms with Crippen molar-refractivity contribution in [3.63, 3.8) is 0 Å². The molecule has 0 saturated carbocycles. The van der Waals surface area contributed by atoms with Gasteiger partial charge in [-0.3, -0.25) is 10.1 Å². The van der Waals surface area contributed by atoms with Crippen LogP contribution in [-0.4, -0.2) is 34.4 Å². The summed E-state index contributed by atoms with van der Waals surface area (Å²) in [5.41, 5.74) is 1.75. The molecule has 0 saturated heterocycles. The number of nitrogens with zero attached hydrogens (tertiary/aromatic N) is 4. The SMILES string of the molecule is CCc1nnc(NC(=O)/C(C#N)=C\c2cn(CCOc3cccc(OC)c3)c3ccccc23)s1. The molecule has 4 aromatic rings. The Balaban J connectivity index is 1.53. The standard InChI is InChI=1S/C25H23N5O3S/c1-3-23-28-29-25(34-23)27-24(31)17(15-26)13-18-16-30(22-10-5-4-9-21(18)22)11-12-33-20-8-6-7-19(14-20)32-2/h4-10,13-14,16H,3,11-12H2,1-2H3,(H,27,29,31)/b17-13-. The molecule has 0 fully saturated rings. The minimum Gasteiger partial charge on any atom is -0.497 e. The zero-order valence-electron chi connectivity index (χ0n) is 18.8. The molecule has 0 aliphatic heterocycles. The van der Waals surface area contributed by atoms with Gasteiger partial charge in [-0.25, -0.2) is 0 Å². The maximum absolute atomic E-state index is 12.7. The monoisotopic (exact) mass is 473 g/mol. The number of hydrogen-bond acceptors (Lipinski definition) is 7. The summed E-state index contributed by atoms with van der Waals surface area (Å²) in [5, 5.41) is 22.4. The minimum absolute atomic E-state index is 0.0104. The van der Waals surface area contributed by atoms with Crippen LogP contribution in [0.2, 0.25) is 0 Å². The number of aromatic nitrogens is 3. The van der Waals surface area contributed by atoms with Crippen LogP contribution in [0.3, 0.4) is 0 Å². The normalized spacial score (nSPS) is 11.3. The molecular formula is C25H23N5O3S. The van der Waals surface area contributed by atoms with E-state index in [1.54, 1.807) is 13.2 Å². The number of aryl methyl sites for hydroxylation is 1. The number of para-hydroxylation sites is 1. The molecule has 2 aromatic carbocycles. The van der Waals surface area contributed by atoms with E-state index in [-0.39, 0.29) is 5.57 Å². The van der Waals surface area contributed by atoms with Gasteiger partial charge in [-0.1, -0.05) is 42.5 Å². The Bertz CT molecular complexity index is 1380. The van der Waals surface area contributed by atoms with Crippen LogP contribution in [0.4, 0.5) is 5.13 Å². The first-order valence-electron chi connectivity index (χ1n) is 10.7. The lowest BCUT2D eigenvalue weighted by atomic mass is 10.1. The molecule has 0 bridgehead atoms. The van der Waals surface area contributed by atoms with Crippen LogP contribution in [0.5, 0.6) is 11.5 Å². The predicted molar refractivity (Wildman–Crippen MR) is 132 cm³/mol. The highest BCUT2D eigenvalue weighted by Crippen LogP contribution is 2.25. The summed E-state index contributed by atoms with van der Waals surface area (Å²) < 4.78 is 13.2. The highest BCUT2D eigenvalue weighted by atomic mass is 32.1. The van der Waals surface area contributed by atoms with Gasteiger partial charge in [0.15, 0.2) is 0 Å². The van der Waals surface area contributed by atoms with E-state index in [0.717, 1.165) is 39.4 Å². The van der Waals surface area contributed by atoms with E-state index in [9.17, 15) is 10.1 Å². The number of carbonyl (C=O) groups excluding carboxylic acids is 1. The van der Waals surface area contributed by atoms with E-state index in [1.165, 1.54) is 11.3 Å². The molecule has 2 heterocycles. The number of carbonyl (C=O) groups is 1. The van der Waals surface area contributed by atoms with Crippen molar-refractivity contribution in [3.8, 4) is 17.6 Å². The van der Waals surface area contributed by atoms with Gasteiger partial charge in [0.2, 0.25) is 5.13 Å². The number of benzene rings is 2. The summed E-state index contributed by atoms with van der Waals surface area (Å²) in [4.78, 5) is 12.7. The number of hydrogen-bond donors (Lipinski definition) is 1. The number of nitriles is 1. The Morgan fingerprint density at radius 3 is 2.79 bits per heavy atom. The van der Waals surface area contributed by atoms with Crippen LogP contribution in [0.15, 0.2) is 60.3 Å². The van der Waals surface area contributed by atoms with Crippen LogP contribution < -0.4 is 14.8 Å². The van der Waals surface area contributed by atoms with Crippen molar-refractivity contribution in [1.29, 1.82) is 5.26 Å². The number of amides is 1. The summed E-state index contributed by atoms with van der Waals surface area (Å²) in [6.07, 6.45) is 4.25. The zero-order chi connectivity index (χ0) is 23.9. The molecule has 4 rings (SSSR count). The molecular weight excluding hydrogens is 450 g/mol. The molecule has 2 aromatic heterocycles. The van der Waals surface area contributed by atoms with Crippen molar-refractivity contribution < 1.29 is 14.3 Å². The van der Waals surface area contributed by atoms with Gasteiger partial charge in [0.05, 0.1) is 13.7 Å². The molecule has 9 heteroatoms. The van der Waals surface area contributed by atoms with Gasteiger partial charge in [-0.05, 0) is 30.7 Å². The van der Waals surface area contributed by atoms with Gasteiger partial charge >= 0.3 is 0 Å². The van der Waals surface area contributed by atoms with E-state index in [2.05, 4.69) is 15.5 Å². The maximum atomic E-state index is 12.7. The third-order valence-electron chi connectivity index (χ3n) is 5.12. The second kappa shape index (κ2) is 10.6. The molecule has 8 nitrogen and oxygen atoms in total. The van der Waals surface area contributed by atoms with Crippen molar-refractivity contribution in [2.45, 2.75) is 19.9 Å². The molecule has 0 aliphatic rings. The molecule has 1 N–H and O–H groups in total. The van der Waals surface area contributed by atoms with Gasteiger partial charge in [-0.15, -0.1) is 10.2 Å². The first-order chi connectivity index (χ1) is 16.6. The Hall–Kier alpha value is -4.16. The average Bonchev–Trinajstić information content (AvgIpc) is 3.47. The van der Waals surface area contributed by atoms with Gasteiger partial charge in [-0.2, -0.15) is 5.26 Å². The topological polar surface area (TPSA) is 102 Å². The Morgan fingerprint density at radius 1 is 1.21 bits per heavy atom. The molecule has 0 radical (unpaired) electrons. The van der Waals surface area contributed by atoms with Gasteiger partial charge < -0.3 is 14.0 Å². The third kappa shape index (κ3) is 5.24. The van der Waals surface area contributed by atoms with Crippen LogP contribution in [0, 0.1) is 11.3 Å². The largest absolute Gasteiger partial charge is 0.497 e. The lowest BCUT2D eigenvalue weighted by Crippen LogP contribution is -2.13. The molecule has 172 valence electrons. The first-order valence-corrected chi connectivity index (χ1v) is 11.5. The maximum Gasteiger partial charge on any atom is 0.268 e. The fourth-order valence-corrected chi connectivity index (χ4v) is 4.12. The smallest absolute Gasteiger partial charge is 0.268 e. The predicted octanol–water partition coefficient (Wildman–Crippen LogP) is 4.69. The van der Waals surface area contributed by atoms with Crippen molar-refractivity contribution in [2.24, 2.45) is 0 Å². The summed E-state index contributed by atoms with van der Waals surface area (Å²) in [7, 11) is 1.62. The summed E-state index contributed by atoms with van der Waals surface area (Å²) in [5.74, 6) is 0.944. The molecule has 1 amide bonds. The lowest BCUT2D eigenvalue weighted by molar-refractivity contribution is -0.112. The number of nitrogens with one attached hydrogen (secondary N) is 1. The summed E-state index contributed by atoms with van der Waals surface area (Å²) in [6, 6.07) is 17.3. The number of ether oxygens (including phenoxy) is 2. The lowest BCUT2D eigenvalue weighted by Gasteiger charge is -2.09. The Labute approximate surface area is 201 Å². The van der Waals surface area contributed by atoms with Crippen molar-refractivity contribution >= 4 is 39.4 Å². The number of rotatable bonds is 9. The van der Waals surface area contributed by atoms with E-state index in [1.807, 2.05) is 72.3 Å². The molecule has 0 aliphatic carbocycles. The fraction of sp³-hybridized carbons (Fsp3) is 0.200. The number of methoxy groups -OCH3 is 1. The van der Waals surface area contributed by atoms with E-state index >= 15 is 0 Å². The first kappa shape index (κ1) is 23.0. The second-order valence-electron chi connectivity index (χ2n) is 7.30. The number of fused-ring (bicyclic) bond motifs is 1. The van der Waals surface area contributed by atoms with Gasteiger partial charge in [0.25, 0.3) is 5.91 Å². The number of anilines is 1. The highest BCUT2D eigenvalue weighted by molar-refractivity contribution is 7.15. The van der Waals surface area contributed by atoms with Crippen LogP contribution in [0.1, 0.15) is 17.5 Å². The van der Waals surface area contributed by atoms with E-state index in [0.29, 0.717) is 18.3 Å². The van der Waals surface area contributed by atoms with Crippen molar-refractivity contribution in [3.05, 3.63) is 70.9 Å².